The lowest BCUT2D eigenvalue weighted by Gasteiger charge is -2.12. The Hall–Kier alpha value is -2.02. The minimum Gasteiger partial charge on any atom is -0.355 e. The minimum absolute atomic E-state index is 1.11. The Morgan fingerprint density at radius 2 is 2.06 bits per heavy atom. The SMILES string of the molecule is C=C/C=C\c1ccccc1NC1=CCCC=C1. The Morgan fingerprint density at radius 3 is 2.82 bits per heavy atom. The second kappa shape index (κ2) is 5.90. The lowest BCUT2D eigenvalue weighted by molar-refractivity contribution is 1.02. The number of hydrogen-bond donors (Lipinski definition) is 1. The van der Waals surface area contributed by atoms with Gasteiger partial charge in [0.2, 0.25) is 0 Å². The Kier molecular flexibility index (Phi) is 3.98. The quantitative estimate of drug-likeness (QED) is 0.739. The summed E-state index contributed by atoms with van der Waals surface area (Å²) in [4.78, 5) is 0. The lowest BCUT2D eigenvalue weighted by atomic mass is 10.1. The maximum Gasteiger partial charge on any atom is 0.0457 e. The highest BCUT2D eigenvalue weighted by atomic mass is 14.9. The van der Waals surface area contributed by atoms with Crippen LogP contribution < -0.4 is 5.32 Å². The highest BCUT2D eigenvalue weighted by Gasteiger charge is 2.01. The van der Waals surface area contributed by atoms with Gasteiger partial charge in [0.05, 0.1) is 0 Å². The van der Waals surface area contributed by atoms with Crippen LogP contribution in [0.5, 0.6) is 0 Å². The highest BCUT2D eigenvalue weighted by Crippen LogP contribution is 2.20. The molecule has 0 aromatic heterocycles. The number of nitrogens with one attached hydrogen (secondary N) is 1. The van der Waals surface area contributed by atoms with Crippen LogP contribution in [0.1, 0.15) is 18.4 Å². The van der Waals surface area contributed by atoms with Crippen molar-refractivity contribution in [1.82, 2.24) is 0 Å². The summed E-state index contributed by atoms with van der Waals surface area (Å²) in [6.07, 6.45) is 14.6. The third-order valence-electron chi connectivity index (χ3n) is 2.65. The number of hydrogen-bond acceptors (Lipinski definition) is 1. The Bertz CT molecular complexity index is 478. The maximum absolute atomic E-state index is 3.69. The van der Waals surface area contributed by atoms with Crippen molar-refractivity contribution < 1.29 is 0 Å². The van der Waals surface area contributed by atoms with Gasteiger partial charge in [-0.1, -0.05) is 55.2 Å². The molecule has 1 nitrogen and oxygen atoms in total. The first kappa shape index (κ1) is 11.5. The number of benzene rings is 1. The van der Waals surface area contributed by atoms with Crippen LogP contribution in [-0.2, 0) is 0 Å². The van der Waals surface area contributed by atoms with Gasteiger partial charge < -0.3 is 5.32 Å². The number of allylic oxidation sites excluding steroid dienone is 5. The van der Waals surface area contributed by atoms with Crippen LogP contribution in [0.3, 0.4) is 0 Å². The Balaban J connectivity index is 2.19. The van der Waals surface area contributed by atoms with Gasteiger partial charge in [-0.15, -0.1) is 0 Å². The molecule has 0 radical (unpaired) electrons. The predicted octanol–water partition coefficient (Wildman–Crippen LogP) is 4.53. The van der Waals surface area contributed by atoms with E-state index in [1.807, 2.05) is 18.2 Å². The van der Waals surface area contributed by atoms with E-state index in [1.165, 1.54) is 11.3 Å². The van der Waals surface area contributed by atoms with Crippen LogP contribution in [-0.4, -0.2) is 0 Å². The predicted molar refractivity (Wildman–Crippen MR) is 75.8 cm³/mol. The molecule has 0 fully saturated rings. The molecule has 2 rings (SSSR count). The first-order valence-corrected chi connectivity index (χ1v) is 5.92. The standard InChI is InChI=1S/C16H17N/c1-2-3-9-14-10-7-8-13-16(14)17-15-11-5-4-6-12-15/h2-3,5,7-13,17H,1,4,6H2/b9-3-. The average Bonchev–Trinajstić information content (AvgIpc) is 2.39. The second-order valence-electron chi connectivity index (χ2n) is 3.95. The van der Waals surface area contributed by atoms with Gasteiger partial charge in [0.1, 0.15) is 0 Å². The van der Waals surface area contributed by atoms with E-state index in [0.717, 1.165) is 18.5 Å². The lowest BCUT2D eigenvalue weighted by Crippen LogP contribution is -2.00. The van der Waals surface area contributed by atoms with Gasteiger partial charge in [-0.3, -0.25) is 0 Å². The molecule has 0 amide bonds. The topological polar surface area (TPSA) is 12.0 Å². The fourth-order valence-corrected chi connectivity index (χ4v) is 1.79. The van der Waals surface area contributed by atoms with Crippen LogP contribution >= 0.6 is 0 Å². The molecule has 0 heterocycles. The average molecular weight is 223 g/mol. The van der Waals surface area contributed by atoms with Crippen LogP contribution in [0.25, 0.3) is 6.08 Å². The zero-order valence-electron chi connectivity index (χ0n) is 9.89. The molecule has 0 saturated heterocycles. The largest absolute Gasteiger partial charge is 0.355 e. The van der Waals surface area contributed by atoms with E-state index < -0.39 is 0 Å². The molecule has 1 aliphatic carbocycles. The third kappa shape index (κ3) is 3.22. The van der Waals surface area contributed by atoms with Crippen molar-refractivity contribution in [1.29, 1.82) is 0 Å². The Morgan fingerprint density at radius 1 is 1.18 bits per heavy atom. The summed E-state index contributed by atoms with van der Waals surface area (Å²) in [7, 11) is 0. The van der Waals surface area contributed by atoms with E-state index in [9.17, 15) is 0 Å². The molecule has 86 valence electrons. The molecular weight excluding hydrogens is 206 g/mol. The van der Waals surface area contributed by atoms with E-state index in [1.54, 1.807) is 6.08 Å². The Labute approximate surface area is 103 Å². The molecule has 0 saturated carbocycles. The van der Waals surface area contributed by atoms with Crippen molar-refractivity contribution in [2.24, 2.45) is 0 Å². The van der Waals surface area contributed by atoms with Gasteiger partial charge in [0, 0.05) is 11.4 Å². The van der Waals surface area contributed by atoms with Crippen molar-refractivity contribution >= 4 is 11.8 Å². The molecule has 1 aromatic carbocycles. The molecule has 0 unspecified atom stereocenters. The summed E-state index contributed by atoms with van der Waals surface area (Å²) in [5.74, 6) is 0. The smallest absolute Gasteiger partial charge is 0.0457 e. The minimum atomic E-state index is 1.11. The van der Waals surface area contributed by atoms with Crippen LogP contribution in [0.2, 0.25) is 0 Å². The van der Waals surface area contributed by atoms with Crippen molar-refractivity contribution in [2.45, 2.75) is 12.8 Å². The summed E-state index contributed by atoms with van der Waals surface area (Å²) in [6.45, 7) is 3.69. The molecule has 1 aromatic rings. The summed E-state index contributed by atoms with van der Waals surface area (Å²) in [6, 6.07) is 8.27. The van der Waals surface area contributed by atoms with E-state index in [4.69, 9.17) is 0 Å². The van der Waals surface area contributed by atoms with E-state index in [-0.39, 0.29) is 0 Å². The molecule has 0 spiro atoms. The van der Waals surface area contributed by atoms with Crippen molar-refractivity contribution in [3.8, 4) is 0 Å². The number of anilines is 1. The molecule has 0 aliphatic heterocycles. The van der Waals surface area contributed by atoms with Gasteiger partial charge >= 0.3 is 0 Å². The van der Waals surface area contributed by atoms with Gasteiger partial charge in [-0.25, -0.2) is 0 Å². The zero-order chi connectivity index (χ0) is 11.9. The zero-order valence-corrected chi connectivity index (χ0v) is 9.89. The number of para-hydroxylation sites is 1. The monoisotopic (exact) mass is 223 g/mol. The molecule has 1 heteroatoms. The van der Waals surface area contributed by atoms with E-state index in [2.05, 4.69) is 48.3 Å². The van der Waals surface area contributed by atoms with Crippen molar-refractivity contribution in [3.05, 3.63) is 72.5 Å². The molecule has 1 aliphatic rings. The first-order chi connectivity index (χ1) is 8.40. The fourth-order valence-electron chi connectivity index (χ4n) is 1.79. The molecule has 1 N–H and O–H groups in total. The van der Waals surface area contributed by atoms with Gasteiger partial charge in [0.25, 0.3) is 0 Å². The van der Waals surface area contributed by atoms with E-state index >= 15 is 0 Å². The highest BCUT2D eigenvalue weighted by molar-refractivity contribution is 5.69. The fraction of sp³-hybridized carbons (Fsp3) is 0.125. The summed E-state index contributed by atoms with van der Waals surface area (Å²) in [5.41, 5.74) is 3.48. The van der Waals surface area contributed by atoms with Crippen LogP contribution in [0, 0.1) is 0 Å². The van der Waals surface area contributed by atoms with Crippen molar-refractivity contribution in [3.63, 3.8) is 0 Å². The summed E-state index contributed by atoms with van der Waals surface area (Å²) in [5, 5.41) is 3.45. The molecule has 0 bridgehead atoms. The van der Waals surface area contributed by atoms with Gasteiger partial charge in [-0.2, -0.15) is 0 Å². The molecule has 0 atom stereocenters. The van der Waals surface area contributed by atoms with Gasteiger partial charge in [0.15, 0.2) is 0 Å². The molecular formula is C16H17N. The summed E-state index contributed by atoms with van der Waals surface area (Å²) < 4.78 is 0. The van der Waals surface area contributed by atoms with Crippen LogP contribution in [0.15, 0.2) is 66.9 Å². The third-order valence-corrected chi connectivity index (χ3v) is 2.65. The van der Waals surface area contributed by atoms with Gasteiger partial charge in [-0.05, 0) is 30.5 Å². The van der Waals surface area contributed by atoms with E-state index in [0.29, 0.717) is 0 Å². The summed E-state index contributed by atoms with van der Waals surface area (Å²) >= 11 is 0. The molecule has 17 heavy (non-hydrogen) atoms. The first-order valence-electron chi connectivity index (χ1n) is 5.92. The number of rotatable bonds is 4. The van der Waals surface area contributed by atoms with Crippen LogP contribution in [0.4, 0.5) is 5.69 Å². The maximum atomic E-state index is 3.69. The normalized spacial score (nSPS) is 14.7. The second-order valence-corrected chi connectivity index (χ2v) is 3.95. The van der Waals surface area contributed by atoms with Crippen molar-refractivity contribution in [2.75, 3.05) is 5.32 Å².